The highest BCUT2D eigenvalue weighted by Gasteiger charge is 2.03. The van der Waals surface area contributed by atoms with E-state index in [2.05, 4.69) is 20.5 Å². The maximum absolute atomic E-state index is 11.9. The Morgan fingerprint density at radius 2 is 1.70 bits per heavy atom. The number of aromatic nitrogens is 2. The summed E-state index contributed by atoms with van der Waals surface area (Å²) in [4.78, 5) is 19.0. The van der Waals surface area contributed by atoms with Crippen molar-refractivity contribution in [3.05, 3.63) is 112 Å². The van der Waals surface area contributed by atoms with Gasteiger partial charge < -0.3 is 4.74 Å². The Balaban J connectivity index is 1.42. The van der Waals surface area contributed by atoms with E-state index in [1.54, 1.807) is 6.21 Å². The summed E-state index contributed by atoms with van der Waals surface area (Å²) in [5.74, 6) is 1.02. The van der Waals surface area contributed by atoms with Crippen LogP contribution in [0, 0.1) is 0 Å². The number of ether oxygens (including phenoxy) is 1. The second-order valence-electron chi connectivity index (χ2n) is 6.56. The van der Waals surface area contributed by atoms with Crippen LogP contribution in [0.25, 0.3) is 11.3 Å². The Morgan fingerprint density at radius 3 is 2.50 bits per heavy atom. The molecule has 0 amide bonds. The summed E-state index contributed by atoms with van der Waals surface area (Å²) >= 11 is 0. The van der Waals surface area contributed by atoms with Crippen LogP contribution >= 0.6 is 0 Å². The third-order valence-electron chi connectivity index (χ3n) is 4.30. The fourth-order valence-electron chi connectivity index (χ4n) is 2.86. The normalized spacial score (nSPS) is 10.8. The lowest BCUT2D eigenvalue weighted by Crippen LogP contribution is -2.10. The first-order chi connectivity index (χ1) is 14.8. The maximum Gasteiger partial charge on any atom is 0.252 e. The Hall–Kier alpha value is -4.19. The van der Waals surface area contributed by atoms with Crippen LogP contribution in [0.4, 0.5) is 5.95 Å². The molecule has 1 aromatic heterocycles. The Labute approximate surface area is 173 Å². The van der Waals surface area contributed by atoms with E-state index < -0.39 is 0 Å². The molecule has 30 heavy (non-hydrogen) atoms. The summed E-state index contributed by atoms with van der Waals surface area (Å²) in [6, 6.07) is 28.6. The molecule has 0 saturated carbocycles. The topological polar surface area (TPSA) is 79.4 Å². The number of anilines is 1. The predicted octanol–water partition coefficient (Wildman–Crippen LogP) is 4.46. The average Bonchev–Trinajstić information content (AvgIpc) is 2.79. The number of nitrogens with one attached hydrogen (secondary N) is 2. The van der Waals surface area contributed by atoms with Crippen molar-refractivity contribution in [2.75, 3.05) is 5.43 Å². The Morgan fingerprint density at radius 1 is 0.933 bits per heavy atom. The molecule has 0 unspecified atom stereocenters. The lowest BCUT2D eigenvalue weighted by Gasteiger charge is -2.07. The average molecular weight is 396 g/mol. The largest absolute Gasteiger partial charge is 0.489 e. The SMILES string of the molecule is O=c1cc(-c2ccccc2)nc(N/N=C/c2cccc(OCc3ccccc3)c2)[nH]1. The van der Waals surface area contributed by atoms with Gasteiger partial charge in [-0.1, -0.05) is 72.8 Å². The molecule has 0 spiro atoms. The fourth-order valence-corrected chi connectivity index (χ4v) is 2.86. The molecule has 6 nitrogen and oxygen atoms in total. The third kappa shape index (κ3) is 5.20. The van der Waals surface area contributed by atoms with Crippen molar-refractivity contribution in [3.8, 4) is 17.0 Å². The molecule has 0 bridgehead atoms. The smallest absolute Gasteiger partial charge is 0.252 e. The van der Waals surface area contributed by atoms with E-state index in [9.17, 15) is 4.79 Å². The van der Waals surface area contributed by atoms with E-state index in [1.807, 2.05) is 84.9 Å². The van der Waals surface area contributed by atoms with Gasteiger partial charge >= 0.3 is 0 Å². The molecule has 0 aliphatic rings. The van der Waals surface area contributed by atoms with Crippen LogP contribution in [0.2, 0.25) is 0 Å². The molecule has 148 valence electrons. The molecule has 0 fully saturated rings. The fraction of sp³-hybridized carbons (Fsp3) is 0.0417. The molecule has 2 N–H and O–H groups in total. The third-order valence-corrected chi connectivity index (χ3v) is 4.30. The van der Waals surface area contributed by atoms with Gasteiger partial charge in [-0.15, -0.1) is 0 Å². The van der Waals surface area contributed by atoms with E-state index >= 15 is 0 Å². The van der Waals surface area contributed by atoms with Crippen molar-refractivity contribution in [3.63, 3.8) is 0 Å². The molecule has 0 atom stereocenters. The van der Waals surface area contributed by atoms with Gasteiger partial charge in [-0.25, -0.2) is 10.4 Å². The van der Waals surface area contributed by atoms with Crippen LogP contribution in [-0.2, 0) is 6.61 Å². The van der Waals surface area contributed by atoms with Crippen molar-refractivity contribution < 1.29 is 4.74 Å². The van der Waals surface area contributed by atoms with E-state index in [0.29, 0.717) is 12.3 Å². The van der Waals surface area contributed by atoms with Crippen LogP contribution in [0.15, 0.2) is 101 Å². The van der Waals surface area contributed by atoms with Gasteiger partial charge in [0.05, 0.1) is 11.9 Å². The van der Waals surface area contributed by atoms with Crippen LogP contribution in [0.5, 0.6) is 5.75 Å². The van der Waals surface area contributed by atoms with E-state index in [4.69, 9.17) is 4.74 Å². The number of aromatic amines is 1. The number of hydrazone groups is 1. The van der Waals surface area contributed by atoms with Crippen molar-refractivity contribution in [1.82, 2.24) is 9.97 Å². The first kappa shape index (κ1) is 19.1. The van der Waals surface area contributed by atoms with Crippen molar-refractivity contribution in [2.45, 2.75) is 6.61 Å². The zero-order valence-electron chi connectivity index (χ0n) is 16.2. The summed E-state index contributed by atoms with van der Waals surface area (Å²) in [5.41, 5.74) is 5.93. The minimum atomic E-state index is -0.252. The Kier molecular flexibility index (Phi) is 5.96. The van der Waals surface area contributed by atoms with Gasteiger partial charge in [0.2, 0.25) is 5.95 Å². The highest BCUT2D eigenvalue weighted by Crippen LogP contribution is 2.16. The van der Waals surface area contributed by atoms with E-state index in [1.165, 1.54) is 6.07 Å². The second kappa shape index (κ2) is 9.34. The van der Waals surface area contributed by atoms with Gasteiger partial charge in [0.25, 0.3) is 5.56 Å². The molecular weight excluding hydrogens is 376 g/mol. The van der Waals surface area contributed by atoms with Gasteiger partial charge in [-0.3, -0.25) is 9.78 Å². The van der Waals surface area contributed by atoms with Crippen LogP contribution in [0.1, 0.15) is 11.1 Å². The monoisotopic (exact) mass is 396 g/mol. The van der Waals surface area contributed by atoms with E-state index in [-0.39, 0.29) is 11.5 Å². The highest BCUT2D eigenvalue weighted by molar-refractivity contribution is 5.80. The van der Waals surface area contributed by atoms with Gasteiger partial charge in [0, 0.05) is 11.6 Å². The minimum absolute atomic E-state index is 0.252. The first-order valence-corrected chi connectivity index (χ1v) is 9.49. The van der Waals surface area contributed by atoms with Crippen molar-refractivity contribution >= 4 is 12.2 Å². The van der Waals surface area contributed by atoms with Crippen LogP contribution in [0.3, 0.4) is 0 Å². The quantitative estimate of drug-likeness (QED) is 0.357. The number of nitrogens with zero attached hydrogens (tertiary/aromatic N) is 2. The minimum Gasteiger partial charge on any atom is -0.489 e. The maximum atomic E-state index is 11.9. The molecule has 0 saturated heterocycles. The standard InChI is InChI=1S/C24H20N4O2/c29-23-15-22(20-11-5-2-6-12-20)26-24(27-23)28-25-16-19-10-7-13-21(14-19)30-17-18-8-3-1-4-9-18/h1-16H,17H2,(H2,26,27,28,29)/b25-16+. The second-order valence-corrected chi connectivity index (χ2v) is 6.56. The zero-order valence-corrected chi connectivity index (χ0v) is 16.2. The number of hydrogen-bond acceptors (Lipinski definition) is 5. The predicted molar refractivity (Wildman–Crippen MR) is 119 cm³/mol. The molecule has 6 heteroatoms. The lowest BCUT2D eigenvalue weighted by atomic mass is 10.1. The molecule has 1 heterocycles. The van der Waals surface area contributed by atoms with Crippen LogP contribution in [-0.4, -0.2) is 16.2 Å². The lowest BCUT2D eigenvalue weighted by molar-refractivity contribution is 0.306. The molecule has 3 aromatic carbocycles. The van der Waals surface area contributed by atoms with Crippen molar-refractivity contribution in [1.29, 1.82) is 0 Å². The summed E-state index contributed by atoms with van der Waals surface area (Å²) < 4.78 is 5.84. The van der Waals surface area contributed by atoms with Crippen molar-refractivity contribution in [2.24, 2.45) is 5.10 Å². The number of rotatable bonds is 7. The molecular formula is C24H20N4O2. The summed E-state index contributed by atoms with van der Waals surface area (Å²) in [7, 11) is 0. The van der Waals surface area contributed by atoms with Crippen LogP contribution < -0.4 is 15.7 Å². The Bertz CT molecular complexity index is 1190. The molecule has 0 aliphatic carbocycles. The van der Waals surface area contributed by atoms with Gasteiger partial charge in [0.15, 0.2) is 0 Å². The van der Waals surface area contributed by atoms with Gasteiger partial charge in [-0.2, -0.15) is 5.10 Å². The van der Waals surface area contributed by atoms with Gasteiger partial charge in [0.1, 0.15) is 12.4 Å². The molecule has 4 aromatic rings. The van der Waals surface area contributed by atoms with Gasteiger partial charge in [-0.05, 0) is 23.3 Å². The summed E-state index contributed by atoms with van der Waals surface area (Å²) in [6.45, 7) is 0.497. The van der Waals surface area contributed by atoms with E-state index in [0.717, 1.165) is 22.4 Å². The number of H-pyrrole nitrogens is 1. The number of benzene rings is 3. The first-order valence-electron chi connectivity index (χ1n) is 9.49. The summed E-state index contributed by atoms with van der Waals surface area (Å²) in [6.07, 6.45) is 1.64. The molecule has 0 aliphatic heterocycles. The molecule has 4 rings (SSSR count). The molecule has 0 radical (unpaired) electrons. The zero-order chi connectivity index (χ0) is 20.6. The summed E-state index contributed by atoms with van der Waals surface area (Å²) in [5, 5.41) is 4.18. The number of hydrogen-bond donors (Lipinski definition) is 2. The highest BCUT2D eigenvalue weighted by atomic mass is 16.5.